The van der Waals surface area contributed by atoms with Gasteiger partial charge in [0.15, 0.2) is 0 Å². The van der Waals surface area contributed by atoms with E-state index in [4.69, 9.17) is 0 Å². The predicted molar refractivity (Wildman–Crippen MR) is 73.5 cm³/mol. The van der Waals surface area contributed by atoms with Crippen LogP contribution in [0.15, 0.2) is 12.1 Å². The molecular formula is C14H20N2OS. The van der Waals surface area contributed by atoms with E-state index in [0.717, 1.165) is 6.42 Å². The summed E-state index contributed by atoms with van der Waals surface area (Å²) in [4.78, 5) is 17.1. The van der Waals surface area contributed by atoms with Gasteiger partial charge >= 0.3 is 0 Å². The fourth-order valence-electron chi connectivity index (χ4n) is 2.82. The van der Waals surface area contributed by atoms with Gasteiger partial charge in [-0.1, -0.05) is 6.92 Å². The van der Waals surface area contributed by atoms with Gasteiger partial charge in [-0.3, -0.25) is 10.1 Å². The zero-order chi connectivity index (χ0) is 12.7. The standard InChI is InChI=1S/C14H20N2OS/c1-3-11-14(17)16(10-5-4-6-10)13(15-11)12-8-7-9(2)18-12/h7-8,10-11,13,15H,3-6H2,1-2H3. The Bertz CT molecular complexity index is 452. The van der Waals surface area contributed by atoms with Crippen molar-refractivity contribution in [2.75, 3.05) is 0 Å². The fraction of sp³-hybridized carbons (Fsp3) is 0.643. The van der Waals surface area contributed by atoms with Crippen LogP contribution in [0.5, 0.6) is 0 Å². The molecule has 1 saturated heterocycles. The Morgan fingerprint density at radius 1 is 1.44 bits per heavy atom. The average Bonchev–Trinajstić information content (AvgIpc) is 2.83. The molecule has 0 spiro atoms. The van der Waals surface area contributed by atoms with Crippen LogP contribution in [-0.2, 0) is 4.79 Å². The minimum Gasteiger partial charge on any atom is -0.318 e. The van der Waals surface area contributed by atoms with Gasteiger partial charge in [-0.2, -0.15) is 0 Å². The molecule has 1 saturated carbocycles. The molecule has 2 atom stereocenters. The Morgan fingerprint density at radius 2 is 2.22 bits per heavy atom. The molecule has 18 heavy (non-hydrogen) atoms. The lowest BCUT2D eigenvalue weighted by Crippen LogP contribution is -2.43. The van der Waals surface area contributed by atoms with Crippen LogP contribution in [0.1, 0.15) is 48.5 Å². The number of aryl methyl sites for hydroxylation is 1. The van der Waals surface area contributed by atoms with E-state index >= 15 is 0 Å². The maximum atomic E-state index is 12.4. The number of carbonyl (C=O) groups is 1. The van der Waals surface area contributed by atoms with Crippen molar-refractivity contribution in [3.8, 4) is 0 Å². The molecule has 2 fully saturated rings. The Labute approximate surface area is 112 Å². The molecule has 3 rings (SSSR count). The number of nitrogens with zero attached hydrogens (tertiary/aromatic N) is 1. The Balaban J connectivity index is 1.88. The molecule has 1 aromatic heterocycles. The third-order valence-electron chi connectivity index (χ3n) is 4.10. The summed E-state index contributed by atoms with van der Waals surface area (Å²) in [6.07, 6.45) is 4.60. The maximum Gasteiger partial charge on any atom is 0.241 e. The summed E-state index contributed by atoms with van der Waals surface area (Å²) in [6.45, 7) is 4.20. The van der Waals surface area contributed by atoms with Gasteiger partial charge in [-0.25, -0.2) is 0 Å². The third-order valence-corrected chi connectivity index (χ3v) is 5.15. The van der Waals surface area contributed by atoms with Gasteiger partial charge in [0.25, 0.3) is 0 Å². The first-order chi connectivity index (χ1) is 8.70. The van der Waals surface area contributed by atoms with Crippen LogP contribution in [0.2, 0.25) is 0 Å². The van der Waals surface area contributed by atoms with E-state index in [1.807, 2.05) is 0 Å². The van der Waals surface area contributed by atoms with Crippen molar-refractivity contribution in [1.82, 2.24) is 10.2 Å². The van der Waals surface area contributed by atoms with Gasteiger partial charge in [-0.05, 0) is 44.7 Å². The Morgan fingerprint density at radius 3 is 2.72 bits per heavy atom. The molecule has 0 aromatic carbocycles. The monoisotopic (exact) mass is 264 g/mol. The number of hydrogen-bond donors (Lipinski definition) is 1. The molecule has 0 radical (unpaired) electrons. The fourth-order valence-corrected chi connectivity index (χ4v) is 3.75. The highest BCUT2D eigenvalue weighted by Gasteiger charge is 2.44. The predicted octanol–water partition coefficient (Wildman–Crippen LogP) is 2.82. The van der Waals surface area contributed by atoms with Gasteiger partial charge in [0.05, 0.1) is 6.04 Å². The van der Waals surface area contributed by atoms with E-state index in [2.05, 4.69) is 36.2 Å². The Hall–Kier alpha value is -0.870. The summed E-state index contributed by atoms with van der Waals surface area (Å²) in [5, 5.41) is 3.51. The van der Waals surface area contributed by atoms with Crippen molar-refractivity contribution in [1.29, 1.82) is 0 Å². The molecule has 4 heteroatoms. The minimum atomic E-state index is 0.0120. The molecule has 98 valence electrons. The topological polar surface area (TPSA) is 32.3 Å². The van der Waals surface area contributed by atoms with Gasteiger partial charge in [0, 0.05) is 15.8 Å². The van der Waals surface area contributed by atoms with Crippen LogP contribution < -0.4 is 5.32 Å². The molecule has 1 aromatic rings. The summed E-state index contributed by atoms with van der Waals surface area (Å²) >= 11 is 1.80. The summed E-state index contributed by atoms with van der Waals surface area (Å²) in [5.41, 5.74) is 0. The second-order valence-corrected chi connectivity index (χ2v) is 6.63. The highest BCUT2D eigenvalue weighted by atomic mass is 32.1. The molecule has 2 aliphatic rings. The van der Waals surface area contributed by atoms with Crippen molar-refractivity contribution in [2.24, 2.45) is 0 Å². The van der Waals surface area contributed by atoms with Crippen molar-refractivity contribution < 1.29 is 4.79 Å². The van der Waals surface area contributed by atoms with Crippen LogP contribution in [0.4, 0.5) is 0 Å². The first kappa shape index (κ1) is 12.2. The van der Waals surface area contributed by atoms with Crippen LogP contribution in [0, 0.1) is 6.92 Å². The lowest BCUT2D eigenvalue weighted by Gasteiger charge is -2.38. The first-order valence-electron chi connectivity index (χ1n) is 6.85. The summed E-state index contributed by atoms with van der Waals surface area (Å²) in [5.74, 6) is 0.304. The normalized spacial score (nSPS) is 28.8. The van der Waals surface area contributed by atoms with Crippen LogP contribution in [-0.4, -0.2) is 22.9 Å². The van der Waals surface area contributed by atoms with Crippen molar-refractivity contribution >= 4 is 17.2 Å². The van der Waals surface area contributed by atoms with Gasteiger partial charge < -0.3 is 4.90 Å². The average molecular weight is 264 g/mol. The lowest BCUT2D eigenvalue weighted by molar-refractivity contribution is -0.134. The number of hydrogen-bond acceptors (Lipinski definition) is 3. The first-order valence-corrected chi connectivity index (χ1v) is 7.67. The molecule has 2 unspecified atom stereocenters. The van der Waals surface area contributed by atoms with E-state index in [-0.39, 0.29) is 12.2 Å². The van der Waals surface area contributed by atoms with E-state index in [1.165, 1.54) is 29.0 Å². The zero-order valence-corrected chi connectivity index (χ0v) is 11.8. The smallest absolute Gasteiger partial charge is 0.241 e. The number of amides is 1. The molecular weight excluding hydrogens is 244 g/mol. The maximum absolute atomic E-state index is 12.4. The SMILES string of the molecule is CCC1NC(c2ccc(C)s2)N(C2CCC2)C1=O. The Kier molecular flexibility index (Phi) is 3.16. The summed E-state index contributed by atoms with van der Waals surface area (Å²) in [7, 11) is 0. The lowest BCUT2D eigenvalue weighted by atomic mass is 9.91. The summed E-state index contributed by atoms with van der Waals surface area (Å²) < 4.78 is 0. The molecule has 2 heterocycles. The van der Waals surface area contributed by atoms with Crippen molar-refractivity contribution in [3.05, 3.63) is 21.9 Å². The zero-order valence-electron chi connectivity index (χ0n) is 11.0. The summed E-state index contributed by atoms with van der Waals surface area (Å²) in [6, 6.07) is 4.78. The van der Waals surface area contributed by atoms with Crippen molar-refractivity contribution in [2.45, 2.75) is 57.8 Å². The van der Waals surface area contributed by atoms with Gasteiger partial charge in [0.1, 0.15) is 6.17 Å². The quantitative estimate of drug-likeness (QED) is 0.910. The van der Waals surface area contributed by atoms with Crippen LogP contribution in [0.25, 0.3) is 0 Å². The van der Waals surface area contributed by atoms with E-state index in [9.17, 15) is 4.79 Å². The third kappa shape index (κ3) is 1.88. The van der Waals surface area contributed by atoms with E-state index in [1.54, 1.807) is 11.3 Å². The van der Waals surface area contributed by atoms with Gasteiger partial charge in [-0.15, -0.1) is 11.3 Å². The van der Waals surface area contributed by atoms with Crippen molar-refractivity contribution in [3.63, 3.8) is 0 Å². The number of thiophene rings is 1. The van der Waals surface area contributed by atoms with Crippen LogP contribution in [0.3, 0.4) is 0 Å². The molecule has 3 nitrogen and oxygen atoms in total. The van der Waals surface area contributed by atoms with E-state index in [0.29, 0.717) is 11.9 Å². The highest BCUT2D eigenvalue weighted by Crippen LogP contribution is 2.37. The highest BCUT2D eigenvalue weighted by molar-refractivity contribution is 7.12. The number of rotatable bonds is 3. The molecule has 1 aliphatic heterocycles. The largest absolute Gasteiger partial charge is 0.318 e. The minimum absolute atomic E-state index is 0.0120. The molecule has 1 amide bonds. The molecule has 1 N–H and O–H groups in total. The van der Waals surface area contributed by atoms with Crippen LogP contribution >= 0.6 is 11.3 Å². The van der Waals surface area contributed by atoms with E-state index < -0.39 is 0 Å². The number of nitrogens with one attached hydrogen (secondary N) is 1. The molecule has 1 aliphatic carbocycles. The van der Waals surface area contributed by atoms with Gasteiger partial charge in [0.2, 0.25) is 5.91 Å². The second kappa shape index (κ2) is 4.67. The molecule has 0 bridgehead atoms. The second-order valence-electron chi connectivity index (χ2n) is 5.31. The number of carbonyl (C=O) groups excluding carboxylic acids is 1.